The van der Waals surface area contributed by atoms with Gasteiger partial charge in [0.05, 0.1) is 17.0 Å². The van der Waals surface area contributed by atoms with Gasteiger partial charge in [0, 0.05) is 13.1 Å². The van der Waals surface area contributed by atoms with E-state index in [4.69, 9.17) is 16.3 Å². The maximum atomic E-state index is 12.4. The van der Waals surface area contributed by atoms with Gasteiger partial charge in [0.2, 0.25) is 10.0 Å². The molecule has 0 aliphatic carbocycles. The second kappa shape index (κ2) is 5.53. The molecule has 1 heterocycles. The third kappa shape index (κ3) is 2.78. The van der Waals surface area contributed by atoms with Gasteiger partial charge in [-0.05, 0) is 30.5 Å². The van der Waals surface area contributed by atoms with Crippen LogP contribution in [-0.4, -0.2) is 32.9 Å². The van der Waals surface area contributed by atoms with E-state index in [1.54, 1.807) is 12.1 Å². The minimum absolute atomic E-state index is 0.197. The minimum atomic E-state index is -3.48. The topological polar surface area (TPSA) is 46.6 Å². The molecule has 0 radical (unpaired) electrons. The SMILES string of the molecule is C=CC1CCN(S(=O)(=O)c2ccc(OC)c(Cl)c2)C1. The lowest BCUT2D eigenvalue weighted by Crippen LogP contribution is -2.28. The number of halogens is 1. The van der Waals surface area contributed by atoms with Crippen LogP contribution in [-0.2, 0) is 10.0 Å². The number of sulfonamides is 1. The van der Waals surface area contributed by atoms with E-state index in [2.05, 4.69) is 6.58 Å². The van der Waals surface area contributed by atoms with Crippen LogP contribution >= 0.6 is 11.6 Å². The fraction of sp³-hybridized carbons (Fsp3) is 0.385. The van der Waals surface area contributed by atoms with Crippen molar-refractivity contribution in [3.8, 4) is 5.75 Å². The third-order valence-electron chi connectivity index (χ3n) is 3.28. The number of hydrogen-bond donors (Lipinski definition) is 0. The number of hydrogen-bond acceptors (Lipinski definition) is 3. The standard InChI is InChI=1S/C13H16ClNO3S/c1-3-10-6-7-15(9-10)19(16,17)11-4-5-13(18-2)12(14)8-11/h3-5,8,10H,1,6-7,9H2,2H3. The van der Waals surface area contributed by atoms with E-state index in [1.807, 2.05) is 0 Å². The van der Waals surface area contributed by atoms with Gasteiger partial charge in [-0.1, -0.05) is 17.7 Å². The number of nitrogens with zero attached hydrogens (tertiary/aromatic N) is 1. The fourth-order valence-electron chi connectivity index (χ4n) is 2.12. The highest BCUT2D eigenvalue weighted by atomic mass is 35.5. The highest BCUT2D eigenvalue weighted by Gasteiger charge is 2.31. The largest absolute Gasteiger partial charge is 0.495 e. The number of methoxy groups -OCH3 is 1. The molecule has 0 saturated carbocycles. The first-order valence-corrected chi connectivity index (χ1v) is 7.77. The summed E-state index contributed by atoms with van der Waals surface area (Å²) in [6.07, 6.45) is 2.61. The Labute approximate surface area is 118 Å². The molecule has 1 aliphatic heterocycles. The lowest BCUT2D eigenvalue weighted by Gasteiger charge is -2.16. The molecule has 0 N–H and O–H groups in total. The second-order valence-electron chi connectivity index (χ2n) is 4.44. The minimum Gasteiger partial charge on any atom is -0.495 e. The summed E-state index contributed by atoms with van der Waals surface area (Å²) in [6.45, 7) is 4.71. The molecule has 19 heavy (non-hydrogen) atoms. The highest BCUT2D eigenvalue weighted by molar-refractivity contribution is 7.89. The van der Waals surface area contributed by atoms with E-state index in [0.29, 0.717) is 23.9 Å². The zero-order valence-corrected chi connectivity index (χ0v) is 12.2. The predicted molar refractivity (Wildman–Crippen MR) is 75.1 cm³/mol. The third-order valence-corrected chi connectivity index (χ3v) is 5.44. The van der Waals surface area contributed by atoms with Crippen LogP contribution in [0.4, 0.5) is 0 Å². The summed E-state index contributed by atoms with van der Waals surface area (Å²) in [5.41, 5.74) is 0. The lowest BCUT2D eigenvalue weighted by molar-refractivity contribution is 0.414. The van der Waals surface area contributed by atoms with E-state index >= 15 is 0 Å². The van der Waals surface area contributed by atoms with Gasteiger partial charge in [-0.15, -0.1) is 6.58 Å². The summed E-state index contributed by atoms with van der Waals surface area (Å²) < 4.78 is 31.4. The first-order chi connectivity index (χ1) is 8.98. The summed E-state index contributed by atoms with van der Waals surface area (Å²) >= 11 is 5.97. The van der Waals surface area contributed by atoms with Crippen LogP contribution < -0.4 is 4.74 Å². The Morgan fingerprint density at radius 1 is 1.53 bits per heavy atom. The number of rotatable bonds is 4. The molecule has 0 bridgehead atoms. The first kappa shape index (κ1) is 14.4. The van der Waals surface area contributed by atoms with Gasteiger partial charge in [-0.3, -0.25) is 0 Å². The second-order valence-corrected chi connectivity index (χ2v) is 6.79. The van der Waals surface area contributed by atoms with Crippen molar-refractivity contribution in [2.75, 3.05) is 20.2 Å². The lowest BCUT2D eigenvalue weighted by atomic mass is 10.1. The van der Waals surface area contributed by atoms with Crippen molar-refractivity contribution in [3.05, 3.63) is 35.9 Å². The maximum absolute atomic E-state index is 12.4. The van der Waals surface area contributed by atoms with Crippen molar-refractivity contribution in [3.63, 3.8) is 0 Å². The van der Waals surface area contributed by atoms with Crippen molar-refractivity contribution < 1.29 is 13.2 Å². The molecule has 1 atom stereocenters. The van der Waals surface area contributed by atoms with Crippen LogP contribution in [0.15, 0.2) is 35.7 Å². The maximum Gasteiger partial charge on any atom is 0.243 e. The summed E-state index contributed by atoms with van der Waals surface area (Å²) in [5, 5.41) is 0.294. The smallest absolute Gasteiger partial charge is 0.243 e. The molecule has 4 nitrogen and oxygen atoms in total. The summed E-state index contributed by atoms with van der Waals surface area (Å²) in [6, 6.07) is 4.51. The normalized spacial score (nSPS) is 20.4. The van der Waals surface area contributed by atoms with E-state index in [9.17, 15) is 8.42 Å². The molecule has 1 aromatic rings. The van der Waals surface area contributed by atoms with Crippen LogP contribution in [0.25, 0.3) is 0 Å². The monoisotopic (exact) mass is 301 g/mol. The molecule has 0 spiro atoms. The Morgan fingerprint density at radius 2 is 2.26 bits per heavy atom. The Kier molecular flexibility index (Phi) is 4.18. The molecule has 1 unspecified atom stereocenters. The zero-order valence-electron chi connectivity index (χ0n) is 10.7. The zero-order chi connectivity index (χ0) is 14.0. The molecule has 104 valence electrons. The molecule has 1 fully saturated rings. The quantitative estimate of drug-likeness (QED) is 0.803. The van der Waals surface area contributed by atoms with Gasteiger partial charge in [-0.2, -0.15) is 4.31 Å². The van der Waals surface area contributed by atoms with Crippen LogP contribution in [0.2, 0.25) is 5.02 Å². The van der Waals surface area contributed by atoms with Crippen LogP contribution in [0.3, 0.4) is 0 Å². The Bertz CT molecular complexity index is 586. The van der Waals surface area contributed by atoms with Crippen molar-refractivity contribution in [1.29, 1.82) is 0 Å². The molecule has 1 saturated heterocycles. The summed E-state index contributed by atoms with van der Waals surface area (Å²) in [4.78, 5) is 0.197. The van der Waals surface area contributed by atoms with E-state index < -0.39 is 10.0 Å². The molecule has 2 rings (SSSR count). The molecule has 1 aliphatic rings. The highest BCUT2D eigenvalue weighted by Crippen LogP contribution is 2.30. The first-order valence-electron chi connectivity index (χ1n) is 5.95. The molecule has 6 heteroatoms. The fourth-order valence-corrected chi connectivity index (χ4v) is 3.98. The van der Waals surface area contributed by atoms with E-state index in [1.165, 1.54) is 23.5 Å². The van der Waals surface area contributed by atoms with E-state index in [-0.39, 0.29) is 10.8 Å². The van der Waals surface area contributed by atoms with Crippen molar-refractivity contribution in [1.82, 2.24) is 4.31 Å². The number of ether oxygens (including phenoxy) is 1. The van der Waals surface area contributed by atoms with Crippen molar-refractivity contribution in [2.45, 2.75) is 11.3 Å². The van der Waals surface area contributed by atoms with E-state index in [0.717, 1.165) is 6.42 Å². The molecular weight excluding hydrogens is 286 g/mol. The van der Waals surface area contributed by atoms with Gasteiger partial charge < -0.3 is 4.74 Å². The van der Waals surface area contributed by atoms with Crippen LogP contribution in [0.1, 0.15) is 6.42 Å². The van der Waals surface area contributed by atoms with Crippen molar-refractivity contribution in [2.24, 2.45) is 5.92 Å². The summed E-state index contributed by atoms with van der Waals surface area (Å²) in [5.74, 6) is 0.689. The average Bonchev–Trinajstić information content (AvgIpc) is 2.88. The van der Waals surface area contributed by atoms with Gasteiger partial charge in [0.15, 0.2) is 0 Å². The summed E-state index contributed by atoms with van der Waals surface area (Å²) in [7, 11) is -1.99. The van der Waals surface area contributed by atoms with Gasteiger partial charge in [0.25, 0.3) is 0 Å². The molecule has 1 aromatic carbocycles. The average molecular weight is 302 g/mol. The van der Waals surface area contributed by atoms with Gasteiger partial charge >= 0.3 is 0 Å². The van der Waals surface area contributed by atoms with Crippen LogP contribution in [0, 0.1) is 5.92 Å². The molecule has 0 amide bonds. The van der Waals surface area contributed by atoms with Gasteiger partial charge in [0.1, 0.15) is 5.75 Å². The molecular formula is C13H16ClNO3S. The Hall–Kier alpha value is -1.04. The van der Waals surface area contributed by atoms with Gasteiger partial charge in [-0.25, -0.2) is 8.42 Å². The molecule has 0 aromatic heterocycles. The number of benzene rings is 1. The van der Waals surface area contributed by atoms with Crippen molar-refractivity contribution >= 4 is 21.6 Å². The Balaban J connectivity index is 2.30. The Morgan fingerprint density at radius 3 is 2.79 bits per heavy atom. The predicted octanol–water partition coefficient (Wildman–Crippen LogP) is 2.55. The van der Waals surface area contributed by atoms with Crippen LogP contribution in [0.5, 0.6) is 5.75 Å².